The summed E-state index contributed by atoms with van der Waals surface area (Å²) in [4.78, 5) is 24.9. The molecule has 1 aromatic carbocycles. The second-order valence-electron chi connectivity index (χ2n) is 6.32. The minimum atomic E-state index is -0.751. The van der Waals surface area contributed by atoms with Crippen LogP contribution < -0.4 is 21.1 Å². The van der Waals surface area contributed by atoms with Crippen LogP contribution in [-0.4, -0.2) is 29.1 Å². The van der Waals surface area contributed by atoms with E-state index < -0.39 is 11.5 Å². The number of hydrogen-bond acceptors (Lipinski definition) is 7. The molecule has 1 aromatic heterocycles. The number of methoxy groups -OCH3 is 1. The van der Waals surface area contributed by atoms with Crippen molar-refractivity contribution in [2.45, 2.75) is 31.7 Å². The van der Waals surface area contributed by atoms with E-state index in [1.807, 2.05) is 13.8 Å². The minimum Gasteiger partial charge on any atom is -0.497 e. The zero-order chi connectivity index (χ0) is 18.2. The van der Waals surface area contributed by atoms with Crippen LogP contribution in [0.1, 0.15) is 36.8 Å². The van der Waals surface area contributed by atoms with Gasteiger partial charge in [-0.2, -0.15) is 0 Å². The van der Waals surface area contributed by atoms with Gasteiger partial charge in [0.05, 0.1) is 18.6 Å². The van der Waals surface area contributed by atoms with Gasteiger partial charge in [-0.05, 0) is 37.6 Å². The van der Waals surface area contributed by atoms with E-state index in [0.29, 0.717) is 21.6 Å². The van der Waals surface area contributed by atoms with E-state index in [2.05, 4.69) is 20.8 Å². The third-order valence-electron chi connectivity index (χ3n) is 4.03. The molecule has 0 saturated carbocycles. The highest BCUT2D eigenvalue weighted by molar-refractivity contribution is 7.15. The van der Waals surface area contributed by atoms with Gasteiger partial charge in [0.1, 0.15) is 10.8 Å². The molecule has 4 N–H and O–H groups in total. The highest BCUT2D eigenvalue weighted by Crippen LogP contribution is 2.36. The number of nitrogens with zero attached hydrogens (tertiary/aromatic N) is 2. The van der Waals surface area contributed by atoms with Gasteiger partial charge in [-0.15, -0.1) is 10.2 Å². The van der Waals surface area contributed by atoms with Crippen LogP contribution >= 0.6 is 11.3 Å². The molecular weight excluding hydrogens is 342 g/mol. The topological polar surface area (TPSA) is 119 Å². The molecule has 0 fully saturated rings. The first-order valence-electron chi connectivity index (χ1n) is 7.69. The fraction of sp³-hybridized carbons (Fsp3) is 0.375. The van der Waals surface area contributed by atoms with Gasteiger partial charge >= 0.3 is 0 Å². The summed E-state index contributed by atoms with van der Waals surface area (Å²) in [6, 6.07) is 5.25. The molecule has 0 spiro atoms. The van der Waals surface area contributed by atoms with Crippen LogP contribution in [0.4, 0.5) is 10.8 Å². The van der Waals surface area contributed by atoms with E-state index in [1.165, 1.54) is 11.3 Å². The van der Waals surface area contributed by atoms with Gasteiger partial charge in [0.15, 0.2) is 0 Å². The summed E-state index contributed by atoms with van der Waals surface area (Å²) in [7, 11) is 1.56. The number of nitrogen functional groups attached to an aromatic ring is 1. The zero-order valence-electron chi connectivity index (χ0n) is 14.1. The highest BCUT2D eigenvalue weighted by Gasteiger charge is 2.35. The first-order chi connectivity index (χ1) is 11.8. The van der Waals surface area contributed by atoms with E-state index in [0.717, 1.165) is 5.56 Å². The van der Waals surface area contributed by atoms with Crippen LogP contribution in [0.2, 0.25) is 0 Å². The molecule has 132 valence electrons. The van der Waals surface area contributed by atoms with Gasteiger partial charge in [0, 0.05) is 12.1 Å². The zero-order valence-corrected chi connectivity index (χ0v) is 14.9. The molecule has 0 bridgehead atoms. The minimum absolute atomic E-state index is 0.0698. The van der Waals surface area contributed by atoms with Crippen molar-refractivity contribution >= 4 is 34.0 Å². The molecule has 9 heteroatoms. The van der Waals surface area contributed by atoms with Crippen molar-refractivity contribution in [1.29, 1.82) is 0 Å². The number of carbonyl (C=O) groups excluding carboxylic acids is 2. The second kappa shape index (κ2) is 6.32. The van der Waals surface area contributed by atoms with Crippen LogP contribution in [0.3, 0.4) is 0 Å². The summed E-state index contributed by atoms with van der Waals surface area (Å²) in [5.74, 6) is -0.439. The summed E-state index contributed by atoms with van der Waals surface area (Å²) in [5.41, 5.74) is 6.22. The van der Waals surface area contributed by atoms with Crippen molar-refractivity contribution in [3.05, 3.63) is 28.8 Å². The largest absolute Gasteiger partial charge is 0.497 e. The third kappa shape index (κ3) is 3.41. The molecule has 8 nitrogen and oxygen atoms in total. The molecule has 0 saturated heterocycles. The predicted octanol–water partition coefficient (Wildman–Crippen LogP) is 1.61. The summed E-state index contributed by atoms with van der Waals surface area (Å²) < 4.78 is 5.23. The molecule has 2 heterocycles. The summed E-state index contributed by atoms with van der Waals surface area (Å²) in [6.45, 7) is 3.64. The van der Waals surface area contributed by atoms with Crippen molar-refractivity contribution in [1.82, 2.24) is 15.5 Å². The SMILES string of the molecule is COc1ccc2c(c1)[C@H](C(=O)NC(C)(C)c1nnc(N)s1)CC(=O)N2. The Hall–Kier alpha value is -2.68. The van der Waals surface area contributed by atoms with E-state index in [4.69, 9.17) is 10.5 Å². The number of benzene rings is 1. The molecule has 3 rings (SSSR count). The van der Waals surface area contributed by atoms with E-state index in [9.17, 15) is 9.59 Å². The lowest BCUT2D eigenvalue weighted by Gasteiger charge is -2.29. The van der Waals surface area contributed by atoms with Crippen LogP contribution in [-0.2, 0) is 15.1 Å². The molecular formula is C16H19N5O3S. The standard InChI is InChI=1S/C16H19N5O3S/c1-16(2,14-20-21-15(17)25-14)19-13(23)10-7-12(22)18-11-5-4-8(24-3)6-9(10)11/h4-6,10H,7H2,1-3H3,(H2,17,21)(H,18,22)(H,19,23)/t10-/m1/s1. The van der Waals surface area contributed by atoms with E-state index in [1.54, 1.807) is 25.3 Å². The van der Waals surface area contributed by atoms with Gasteiger partial charge in [-0.3, -0.25) is 9.59 Å². The summed E-state index contributed by atoms with van der Waals surface area (Å²) in [6.07, 6.45) is 0.0698. The second-order valence-corrected chi connectivity index (χ2v) is 7.33. The molecule has 0 aliphatic carbocycles. The number of nitrogens with two attached hydrogens (primary N) is 1. The van der Waals surface area contributed by atoms with Gasteiger partial charge in [0.2, 0.25) is 16.9 Å². The predicted molar refractivity (Wildman–Crippen MR) is 94.5 cm³/mol. The highest BCUT2D eigenvalue weighted by atomic mass is 32.1. The Kier molecular flexibility index (Phi) is 4.34. The average Bonchev–Trinajstić information content (AvgIpc) is 3.00. The fourth-order valence-corrected chi connectivity index (χ4v) is 3.40. The number of anilines is 2. The molecule has 0 radical (unpaired) electrons. The van der Waals surface area contributed by atoms with E-state index >= 15 is 0 Å². The Morgan fingerprint density at radius 3 is 2.84 bits per heavy atom. The molecule has 0 unspecified atom stereocenters. The van der Waals surface area contributed by atoms with Crippen LogP contribution in [0.5, 0.6) is 5.75 Å². The first kappa shape index (κ1) is 17.2. The van der Waals surface area contributed by atoms with Crippen molar-refractivity contribution < 1.29 is 14.3 Å². The number of carbonyl (C=O) groups is 2. The van der Waals surface area contributed by atoms with Gasteiger partial charge in [-0.1, -0.05) is 11.3 Å². The Morgan fingerprint density at radius 2 is 2.20 bits per heavy atom. The maximum atomic E-state index is 12.9. The number of hydrogen-bond donors (Lipinski definition) is 3. The number of fused-ring (bicyclic) bond motifs is 1. The molecule has 2 amide bonds. The quantitative estimate of drug-likeness (QED) is 0.761. The smallest absolute Gasteiger partial charge is 0.228 e. The Balaban J connectivity index is 1.88. The lowest BCUT2D eigenvalue weighted by molar-refractivity contribution is -0.127. The van der Waals surface area contributed by atoms with Crippen LogP contribution in [0.25, 0.3) is 0 Å². The molecule has 1 aliphatic rings. The van der Waals surface area contributed by atoms with Crippen molar-refractivity contribution in [3.63, 3.8) is 0 Å². The number of nitrogens with one attached hydrogen (secondary N) is 2. The lowest BCUT2D eigenvalue weighted by atomic mass is 9.88. The first-order valence-corrected chi connectivity index (χ1v) is 8.51. The number of aromatic nitrogens is 2. The monoisotopic (exact) mass is 361 g/mol. The van der Waals surface area contributed by atoms with Gasteiger partial charge in [-0.25, -0.2) is 0 Å². The molecule has 1 aliphatic heterocycles. The fourth-order valence-electron chi connectivity index (χ4n) is 2.74. The van der Waals surface area contributed by atoms with Gasteiger partial charge < -0.3 is 21.1 Å². The summed E-state index contributed by atoms with van der Waals surface area (Å²) in [5, 5.41) is 14.5. The maximum Gasteiger partial charge on any atom is 0.228 e. The Labute approximate surface area is 148 Å². The number of rotatable bonds is 4. The molecule has 1 atom stereocenters. The Bertz CT molecular complexity index is 833. The lowest BCUT2D eigenvalue weighted by Crippen LogP contribution is -2.45. The van der Waals surface area contributed by atoms with Gasteiger partial charge in [0.25, 0.3) is 0 Å². The van der Waals surface area contributed by atoms with Crippen LogP contribution in [0, 0.1) is 0 Å². The molecule has 2 aromatic rings. The average molecular weight is 361 g/mol. The Morgan fingerprint density at radius 1 is 1.44 bits per heavy atom. The van der Waals surface area contributed by atoms with Crippen molar-refractivity contribution in [2.75, 3.05) is 18.2 Å². The maximum absolute atomic E-state index is 12.9. The normalized spacial score (nSPS) is 16.8. The van der Waals surface area contributed by atoms with Crippen molar-refractivity contribution in [2.24, 2.45) is 0 Å². The number of ether oxygens (including phenoxy) is 1. The van der Waals surface area contributed by atoms with E-state index in [-0.39, 0.29) is 18.2 Å². The molecule has 25 heavy (non-hydrogen) atoms. The van der Waals surface area contributed by atoms with Crippen molar-refractivity contribution in [3.8, 4) is 5.75 Å². The third-order valence-corrected chi connectivity index (χ3v) is 5.10. The number of amides is 2. The summed E-state index contributed by atoms with van der Waals surface area (Å²) >= 11 is 1.22. The van der Waals surface area contributed by atoms with Crippen LogP contribution in [0.15, 0.2) is 18.2 Å².